The predicted octanol–water partition coefficient (Wildman–Crippen LogP) is 1.74. The number of aliphatic hydroxyl groups is 1. The molecule has 1 heterocycles. The van der Waals surface area contributed by atoms with Crippen molar-refractivity contribution in [2.24, 2.45) is 0 Å². The summed E-state index contributed by atoms with van der Waals surface area (Å²) in [6, 6.07) is 9.87. The number of pyridine rings is 1. The van der Waals surface area contributed by atoms with Gasteiger partial charge in [0.1, 0.15) is 6.54 Å². The van der Waals surface area contributed by atoms with Gasteiger partial charge in [-0.25, -0.2) is 0 Å². The fraction of sp³-hybridized carbons (Fsp3) is 0.143. The van der Waals surface area contributed by atoms with Crippen molar-refractivity contribution < 1.29 is 9.90 Å². The van der Waals surface area contributed by atoms with Crippen LogP contribution in [0.5, 0.6) is 0 Å². The molecule has 0 aliphatic rings. The smallest absolute Gasteiger partial charge is 0.251 e. The molecule has 6 heteroatoms. The fourth-order valence-electron chi connectivity index (χ4n) is 1.67. The first-order chi connectivity index (χ1) is 9.58. The molecule has 20 heavy (non-hydrogen) atoms. The van der Waals surface area contributed by atoms with Crippen molar-refractivity contribution in [3.8, 4) is 0 Å². The van der Waals surface area contributed by atoms with Gasteiger partial charge in [-0.05, 0) is 39.7 Å². The molecule has 0 saturated carbocycles. The zero-order valence-electron chi connectivity index (χ0n) is 10.5. The van der Waals surface area contributed by atoms with Gasteiger partial charge in [-0.1, -0.05) is 12.1 Å². The van der Waals surface area contributed by atoms with E-state index in [0.29, 0.717) is 5.69 Å². The molecule has 0 saturated heterocycles. The number of benzene rings is 1. The van der Waals surface area contributed by atoms with Crippen LogP contribution in [0.15, 0.2) is 51.9 Å². The molecule has 0 aliphatic heterocycles. The van der Waals surface area contributed by atoms with Crippen LogP contribution in [0.1, 0.15) is 5.56 Å². The van der Waals surface area contributed by atoms with E-state index in [9.17, 15) is 9.59 Å². The van der Waals surface area contributed by atoms with Crippen LogP contribution in [-0.2, 0) is 17.9 Å². The van der Waals surface area contributed by atoms with Crippen molar-refractivity contribution in [3.05, 3.63) is 63.0 Å². The maximum atomic E-state index is 11.9. The second kappa shape index (κ2) is 6.49. The molecule has 0 atom stereocenters. The van der Waals surface area contributed by atoms with Gasteiger partial charge in [-0.15, -0.1) is 0 Å². The van der Waals surface area contributed by atoms with Crippen molar-refractivity contribution in [1.29, 1.82) is 0 Å². The van der Waals surface area contributed by atoms with Crippen molar-refractivity contribution in [2.45, 2.75) is 13.2 Å². The lowest BCUT2D eigenvalue weighted by molar-refractivity contribution is -0.116. The third kappa shape index (κ3) is 3.79. The van der Waals surface area contributed by atoms with Gasteiger partial charge in [0.25, 0.3) is 5.56 Å². The summed E-state index contributed by atoms with van der Waals surface area (Å²) >= 11 is 3.25. The number of nitrogens with one attached hydrogen (secondary N) is 1. The van der Waals surface area contributed by atoms with E-state index in [1.807, 2.05) is 0 Å². The number of hydrogen-bond acceptors (Lipinski definition) is 3. The number of anilines is 1. The Morgan fingerprint density at radius 2 is 1.90 bits per heavy atom. The van der Waals surface area contributed by atoms with Gasteiger partial charge in [-0.2, -0.15) is 0 Å². The molecular weight excluding hydrogens is 324 g/mol. The summed E-state index contributed by atoms with van der Waals surface area (Å²) in [7, 11) is 0. The van der Waals surface area contributed by atoms with Crippen LogP contribution in [0, 0.1) is 0 Å². The summed E-state index contributed by atoms with van der Waals surface area (Å²) in [5.41, 5.74) is 1.15. The monoisotopic (exact) mass is 336 g/mol. The quantitative estimate of drug-likeness (QED) is 0.893. The maximum absolute atomic E-state index is 11.9. The van der Waals surface area contributed by atoms with Crippen LogP contribution in [0.3, 0.4) is 0 Å². The van der Waals surface area contributed by atoms with Crippen LogP contribution >= 0.6 is 15.9 Å². The minimum absolute atomic E-state index is 0.0400. The Morgan fingerprint density at radius 3 is 2.55 bits per heavy atom. The SMILES string of the molecule is O=C(Cn1cc(Br)ccc1=O)Nc1ccc(CO)cc1. The van der Waals surface area contributed by atoms with E-state index in [1.165, 1.54) is 10.6 Å². The van der Waals surface area contributed by atoms with Crippen molar-refractivity contribution >= 4 is 27.5 Å². The maximum Gasteiger partial charge on any atom is 0.251 e. The summed E-state index contributed by atoms with van der Waals surface area (Å²) in [6.45, 7) is -0.0955. The molecule has 0 aliphatic carbocycles. The number of hydrogen-bond donors (Lipinski definition) is 2. The Balaban J connectivity index is 2.04. The summed E-state index contributed by atoms with van der Waals surface area (Å²) in [6.07, 6.45) is 1.57. The number of halogens is 1. The molecule has 2 aromatic rings. The van der Waals surface area contributed by atoms with Gasteiger partial charge in [0.05, 0.1) is 6.61 Å². The minimum Gasteiger partial charge on any atom is -0.392 e. The Morgan fingerprint density at radius 1 is 1.20 bits per heavy atom. The first-order valence-corrected chi connectivity index (χ1v) is 6.73. The average molecular weight is 337 g/mol. The highest BCUT2D eigenvalue weighted by molar-refractivity contribution is 9.10. The zero-order chi connectivity index (χ0) is 14.5. The van der Waals surface area contributed by atoms with Crippen LogP contribution in [0.2, 0.25) is 0 Å². The van der Waals surface area contributed by atoms with E-state index in [1.54, 1.807) is 36.5 Å². The molecule has 0 fully saturated rings. The van der Waals surface area contributed by atoms with Crippen LogP contribution in [0.25, 0.3) is 0 Å². The minimum atomic E-state index is -0.290. The Labute approximate surface area is 124 Å². The third-order valence-electron chi connectivity index (χ3n) is 2.68. The highest BCUT2D eigenvalue weighted by Crippen LogP contribution is 2.10. The number of carbonyl (C=O) groups is 1. The van der Waals surface area contributed by atoms with Crippen molar-refractivity contribution in [3.63, 3.8) is 0 Å². The number of aliphatic hydroxyl groups excluding tert-OH is 1. The van der Waals surface area contributed by atoms with Crippen LogP contribution in [0.4, 0.5) is 5.69 Å². The number of rotatable bonds is 4. The zero-order valence-corrected chi connectivity index (χ0v) is 12.1. The topological polar surface area (TPSA) is 71.3 Å². The lowest BCUT2D eigenvalue weighted by Gasteiger charge is -2.08. The summed E-state index contributed by atoms with van der Waals surface area (Å²) in [5.74, 6) is -0.290. The molecule has 104 valence electrons. The van der Waals surface area contributed by atoms with E-state index in [4.69, 9.17) is 5.11 Å². The molecule has 5 nitrogen and oxygen atoms in total. The molecule has 0 radical (unpaired) electrons. The van der Waals surface area contributed by atoms with Gasteiger partial charge >= 0.3 is 0 Å². The van der Waals surface area contributed by atoms with Gasteiger partial charge in [0.2, 0.25) is 5.91 Å². The highest BCUT2D eigenvalue weighted by Gasteiger charge is 2.05. The number of carbonyl (C=O) groups excluding carboxylic acids is 1. The van der Waals surface area contributed by atoms with Gasteiger partial charge in [0, 0.05) is 22.4 Å². The third-order valence-corrected chi connectivity index (χ3v) is 3.15. The average Bonchev–Trinajstić information content (AvgIpc) is 2.43. The normalized spacial score (nSPS) is 10.3. The Bertz CT molecular complexity index is 665. The molecule has 1 amide bonds. The molecule has 0 unspecified atom stereocenters. The molecular formula is C14H13BrN2O3. The van der Waals surface area contributed by atoms with E-state index >= 15 is 0 Å². The standard InChI is InChI=1S/C14H13BrN2O3/c15-11-3-6-14(20)17(7-11)8-13(19)16-12-4-1-10(9-18)2-5-12/h1-7,18H,8-9H2,(H,16,19). The summed E-state index contributed by atoms with van der Waals surface area (Å²) in [5, 5.41) is 11.6. The number of aromatic nitrogens is 1. The summed E-state index contributed by atoms with van der Waals surface area (Å²) in [4.78, 5) is 23.4. The molecule has 0 bridgehead atoms. The van der Waals surface area contributed by atoms with E-state index in [0.717, 1.165) is 10.0 Å². The second-order valence-electron chi connectivity index (χ2n) is 4.22. The Kier molecular flexibility index (Phi) is 4.70. The van der Waals surface area contributed by atoms with E-state index in [-0.39, 0.29) is 24.6 Å². The van der Waals surface area contributed by atoms with E-state index < -0.39 is 0 Å². The largest absolute Gasteiger partial charge is 0.392 e. The van der Waals surface area contributed by atoms with Gasteiger partial charge < -0.3 is 15.0 Å². The van der Waals surface area contributed by atoms with Crippen molar-refractivity contribution in [2.75, 3.05) is 5.32 Å². The molecule has 2 rings (SSSR count). The predicted molar refractivity (Wildman–Crippen MR) is 79.4 cm³/mol. The lowest BCUT2D eigenvalue weighted by Crippen LogP contribution is -2.26. The molecule has 1 aromatic heterocycles. The first-order valence-electron chi connectivity index (χ1n) is 5.94. The van der Waals surface area contributed by atoms with Crippen molar-refractivity contribution in [1.82, 2.24) is 4.57 Å². The van der Waals surface area contributed by atoms with Crippen LogP contribution in [-0.4, -0.2) is 15.6 Å². The fourth-order valence-corrected chi connectivity index (χ4v) is 2.05. The Hall–Kier alpha value is -1.92. The summed E-state index contributed by atoms with van der Waals surface area (Å²) < 4.78 is 2.05. The molecule has 1 aromatic carbocycles. The van der Waals surface area contributed by atoms with Crippen LogP contribution < -0.4 is 10.9 Å². The highest BCUT2D eigenvalue weighted by atomic mass is 79.9. The van der Waals surface area contributed by atoms with Gasteiger partial charge in [-0.3, -0.25) is 9.59 Å². The van der Waals surface area contributed by atoms with E-state index in [2.05, 4.69) is 21.2 Å². The molecule has 0 spiro atoms. The first kappa shape index (κ1) is 14.5. The number of nitrogens with zero attached hydrogens (tertiary/aromatic N) is 1. The molecule has 2 N–H and O–H groups in total. The number of amides is 1. The second-order valence-corrected chi connectivity index (χ2v) is 5.13. The van der Waals surface area contributed by atoms with Gasteiger partial charge in [0.15, 0.2) is 0 Å². The lowest BCUT2D eigenvalue weighted by atomic mass is 10.2.